The molecule has 1 aliphatic carbocycles. The Morgan fingerprint density at radius 1 is 1.53 bits per heavy atom. The first-order chi connectivity index (χ1) is 8.11. The van der Waals surface area contributed by atoms with Crippen LogP contribution in [0.1, 0.15) is 31.2 Å². The van der Waals surface area contributed by atoms with E-state index >= 15 is 0 Å². The molecule has 1 fully saturated rings. The predicted molar refractivity (Wildman–Crippen MR) is 68.1 cm³/mol. The molecule has 17 heavy (non-hydrogen) atoms. The fourth-order valence-electron chi connectivity index (χ4n) is 2.46. The molecule has 1 saturated carbocycles. The molecule has 94 valence electrons. The Labute approximate surface area is 103 Å². The number of rotatable bonds is 3. The lowest BCUT2D eigenvalue weighted by Gasteiger charge is -2.36. The zero-order chi connectivity index (χ0) is 12.3. The highest BCUT2D eigenvalue weighted by molar-refractivity contribution is 5.27. The van der Waals surface area contributed by atoms with Gasteiger partial charge in [0.15, 0.2) is 0 Å². The van der Waals surface area contributed by atoms with Crippen LogP contribution in [0.4, 0.5) is 0 Å². The highest BCUT2D eigenvalue weighted by Gasteiger charge is 2.33. The molecule has 0 heterocycles. The lowest BCUT2D eigenvalue weighted by molar-refractivity contribution is 0.0728. The number of aliphatic hydroxyl groups is 1. The molecule has 0 aromatic heterocycles. The van der Waals surface area contributed by atoms with Crippen molar-refractivity contribution in [2.45, 2.75) is 44.2 Å². The second-order valence-electron chi connectivity index (χ2n) is 5.17. The molecule has 1 aliphatic rings. The lowest BCUT2D eigenvalue weighted by atomic mass is 9.81. The number of hydrogen-bond donors (Lipinski definition) is 2. The molecule has 0 bridgehead atoms. The average Bonchev–Trinajstić information content (AvgIpc) is 2.29. The van der Waals surface area contributed by atoms with Gasteiger partial charge in [-0.2, -0.15) is 0 Å². The molecule has 3 N–H and O–H groups in total. The smallest absolute Gasteiger partial charge is 0.119 e. The summed E-state index contributed by atoms with van der Waals surface area (Å²) >= 11 is 0. The molecule has 0 amide bonds. The second kappa shape index (κ2) is 5.07. The Bertz CT molecular complexity index is 380. The van der Waals surface area contributed by atoms with Crippen LogP contribution in [0.25, 0.3) is 0 Å². The van der Waals surface area contributed by atoms with E-state index in [9.17, 15) is 5.11 Å². The Balaban J connectivity index is 1.99. The van der Waals surface area contributed by atoms with Crippen LogP contribution in [0, 0.1) is 6.92 Å². The Morgan fingerprint density at radius 2 is 2.35 bits per heavy atom. The summed E-state index contributed by atoms with van der Waals surface area (Å²) in [6.45, 7) is 2.09. The molecule has 0 aliphatic heterocycles. The highest BCUT2D eigenvalue weighted by atomic mass is 16.5. The first-order valence-electron chi connectivity index (χ1n) is 6.24. The Kier molecular flexibility index (Phi) is 3.69. The lowest BCUT2D eigenvalue weighted by Crippen LogP contribution is -2.50. The van der Waals surface area contributed by atoms with Gasteiger partial charge in [0.05, 0.1) is 6.61 Å². The molecule has 3 heteroatoms. The van der Waals surface area contributed by atoms with E-state index in [1.807, 2.05) is 18.2 Å². The summed E-state index contributed by atoms with van der Waals surface area (Å²) < 4.78 is 5.94. The summed E-state index contributed by atoms with van der Waals surface area (Å²) in [5.74, 6) is 0.900. The van der Waals surface area contributed by atoms with Gasteiger partial charge in [0.25, 0.3) is 0 Å². The number of nitrogens with two attached hydrogens (primary N) is 1. The first-order valence-corrected chi connectivity index (χ1v) is 6.24. The van der Waals surface area contributed by atoms with Gasteiger partial charge in [0, 0.05) is 12.0 Å². The maximum atomic E-state index is 9.30. The molecule has 1 aromatic rings. The fraction of sp³-hybridized carbons (Fsp3) is 0.571. The van der Waals surface area contributed by atoms with Gasteiger partial charge in [-0.1, -0.05) is 12.1 Å². The van der Waals surface area contributed by atoms with Gasteiger partial charge in [-0.3, -0.25) is 0 Å². The van der Waals surface area contributed by atoms with Gasteiger partial charge >= 0.3 is 0 Å². The van der Waals surface area contributed by atoms with Crippen molar-refractivity contribution in [2.24, 2.45) is 5.73 Å². The van der Waals surface area contributed by atoms with Gasteiger partial charge in [-0.25, -0.2) is 0 Å². The van der Waals surface area contributed by atoms with Gasteiger partial charge in [-0.05, 0) is 43.9 Å². The summed E-state index contributed by atoms with van der Waals surface area (Å²) in [7, 11) is 0. The van der Waals surface area contributed by atoms with Crippen molar-refractivity contribution in [3.05, 3.63) is 29.8 Å². The topological polar surface area (TPSA) is 55.5 Å². The summed E-state index contributed by atoms with van der Waals surface area (Å²) in [4.78, 5) is 0. The van der Waals surface area contributed by atoms with Crippen molar-refractivity contribution in [1.29, 1.82) is 0 Å². The molecule has 0 radical (unpaired) electrons. The van der Waals surface area contributed by atoms with Crippen LogP contribution in [-0.4, -0.2) is 23.4 Å². The van der Waals surface area contributed by atoms with Crippen LogP contribution in [0.5, 0.6) is 5.75 Å². The molecule has 2 rings (SSSR count). The maximum Gasteiger partial charge on any atom is 0.119 e. The summed E-state index contributed by atoms with van der Waals surface area (Å²) in [5.41, 5.74) is 6.84. The fourth-order valence-corrected chi connectivity index (χ4v) is 2.46. The number of ether oxygens (including phenoxy) is 1. The van der Waals surface area contributed by atoms with Crippen LogP contribution in [0.15, 0.2) is 24.3 Å². The van der Waals surface area contributed by atoms with Crippen molar-refractivity contribution in [3.63, 3.8) is 0 Å². The molecule has 2 atom stereocenters. The molecule has 1 aromatic carbocycles. The third-order valence-corrected chi connectivity index (χ3v) is 3.44. The van der Waals surface area contributed by atoms with Crippen LogP contribution >= 0.6 is 0 Å². The van der Waals surface area contributed by atoms with Crippen LogP contribution in [0.3, 0.4) is 0 Å². The largest absolute Gasteiger partial charge is 0.490 e. The standard InChI is InChI=1S/C14H21NO2/c1-11-4-2-5-12(8-11)17-13-6-3-7-14(15,9-13)10-16/h2,4-5,8,13,16H,3,6-7,9-10,15H2,1H3. The molecular weight excluding hydrogens is 214 g/mol. The zero-order valence-corrected chi connectivity index (χ0v) is 10.4. The Morgan fingerprint density at radius 3 is 3.06 bits per heavy atom. The number of aryl methyl sites for hydroxylation is 1. The van der Waals surface area contributed by atoms with Gasteiger partial charge in [0.1, 0.15) is 11.9 Å². The normalized spacial score (nSPS) is 29.0. The van der Waals surface area contributed by atoms with Crippen molar-refractivity contribution < 1.29 is 9.84 Å². The zero-order valence-electron chi connectivity index (χ0n) is 10.4. The third-order valence-electron chi connectivity index (χ3n) is 3.44. The van der Waals surface area contributed by atoms with E-state index in [4.69, 9.17) is 10.5 Å². The monoisotopic (exact) mass is 235 g/mol. The van der Waals surface area contributed by atoms with Crippen molar-refractivity contribution in [1.82, 2.24) is 0 Å². The number of hydrogen-bond acceptors (Lipinski definition) is 3. The van der Waals surface area contributed by atoms with Gasteiger partial charge in [0.2, 0.25) is 0 Å². The molecule has 3 nitrogen and oxygen atoms in total. The van der Waals surface area contributed by atoms with Crippen LogP contribution < -0.4 is 10.5 Å². The van der Waals surface area contributed by atoms with E-state index in [-0.39, 0.29) is 12.7 Å². The van der Waals surface area contributed by atoms with Crippen LogP contribution in [0.2, 0.25) is 0 Å². The van der Waals surface area contributed by atoms with Crippen molar-refractivity contribution in [3.8, 4) is 5.75 Å². The minimum absolute atomic E-state index is 0.0423. The molecule has 2 unspecified atom stereocenters. The van der Waals surface area contributed by atoms with Gasteiger partial charge in [-0.15, -0.1) is 0 Å². The van der Waals surface area contributed by atoms with E-state index < -0.39 is 5.54 Å². The average molecular weight is 235 g/mol. The summed E-state index contributed by atoms with van der Waals surface area (Å²) in [5, 5.41) is 9.30. The minimum Gasteiger partial charge on any atom is -0.490 e. The SMILES string of the molecule is Cc1cccc(OC2CCCC(N)(CO)C2)c1. The number of benzene rings is 1. The van der Waals surface area contributed by atoms with E-state index in [2.05, 4.69) is 13.0 Å². The molecule has 0 spiro atoms. The quantitative estimate of drug-likeness (QED) is 0.842. The Hall–Kier alpha value is -1.06. The van der Waals surface area contributed by atoms with Crippen LogP contribution in [-0.2, 0) is 0 Å². The molecular formula is C14H21NO2. The number of aliphatic hydroxyl groups excluding tert-OH is 1. The summed E-state index contributed by atoms with van der Waals surface area (Å²) in [6, 6.07) is 8.05. The third kappa shape index (κ3) is 3.20. The van der Waals surface area contributed by atoms with Crippen molar-refractivity contribution >= 4 is 0 Å². The summed E-state index contributed by atoms with van der Waals surface area (Å²) in [6.07, 6.45) is 3.79. The van der Waals surface area contributed by atoms with E-state index in [1.165, 1.54) is 5.56 Å². The van der Waals surface area contributed by atoms with E-state index in [1.54, 1.807) is 0 Å². The maximum absolute atomic E-state index is 9.30. The first kappa shape index (κ1) is 12.4. The minimum atomic E-state index is -0.452. The van der Waals surface area contributed by atoms with Gasteiger partial charge < -0.3 is 15.6 Å². The predicted octanol–water partition coefficient (Wildman–Crippen LogP) is 2.01. The molecule has 0 saturated heterocycles. The highest BCUT2D eigenvalue weighted by Crippen LogP contribution is 2.29. The van der Waals surface area contributed by atoms with E-state index in [0.717, 1.165) is 31.4 Å². The van der Waals surface area contributed by atoms with E-state index in [0.29, 0.717) is 0 Å². The van der Waals surface area contributed by atoms with Crippen molar-refractivity contribution in [2.75, 3.05) is 6.61 Å². The second-order valence-corrected chi connectivity index (χ2v) is 5.17.